The molecule has 2 aromatic rings. The Labute approximate surface area is 215 Å². The van der Waals surface area contributed by atoms with Crippen molar-refractivity contribution in [3.05, 3.63) is 58.2 Å². The third-order valence-electron chi connectivity index (χ3n) is 8.15. The van der Waals surface area contributed by atoms with Crippen molar-refractivity contribution < 1.29 is 24.4 Å². The van der Waals surface area contributed by atoms with Crippen LogP contribution in [0.4, 0.5) is 0 Å². The third-order valence-corrected chi connectivity index (χ3v) is 8.15. The van der Waals surface area contributed by atoms with E-state index >= 15 is 0 Å². The van der Waals surface area contributed by atoms with Gasteiger partial charge in [-0.25, -0.2) is 0 Å². The number of aromatic hydroxyl groups is 1. The van der Waals surface area contributed by atoms with Crippen molar-refractivity contribution in [2.75, 3.05) is 14.2 Å². The summed E-state index contributed by atoms with van der Waals surface area (Å²) in [6.45, 7) is 10.5. The molecule has 1 fully saturated rings. The molecule has 0 spiro atoms. The summed E-state index contributed by atoms with van der Waals surface area (Å²) in [5.41, 5.74) is 4.32. The number of rotatable bonds is 6. The van der Waals surface area contributed by atoms with Crippen molar-refractivity contribution in [2.45, 2.75) is 72.0 Å². The van der Waals surface area contributed by atoms with Crippen LogP contribution in [0.5, 0.6) is 23.0 Å². The number of aliphatic hydroxyl groups is 1. The Hall–Kier alpha value is -2.92. The molecular weight excluding hydrogens is 452 g/mol. The van der Waals surface area contributed by atoms with Gasteiger partial charge >= 0.3 is 0 Å². The molecule has 1 aliphatic carbocycles. The van der Waals surface area contributed by atoms with Crippen LogP contribution in [0, 0.1) is 11.3 Å². The van der Waals surface area contributed by atoms with Crippen LogP contribution in [0.1, 0.15) is 69.7 Å². The molecule has 1 heterocycles. The first-order valence-electron chi connectivity index (χ1n) is 12.8. The first-order chi connectivity index (χ1) is 17.0. The molecule has 2 aromatic carbocycles. The van der Waals surface area contributed by atoms with Gasteiger partial charge in [0.1, 0.15) is 17.1 Å². The Morgan fingerprint density at radius 3 is 2.31 bits per heavy atom. The average Bonchev–Trinajstić information content (AvgIpc) is 2.83. The summed E-state index contributed by atoms with van der Waals surface area (Å²) in [5, 5.41) is 21.4. The predicted octanol–water partition coefficient (Wildman–Crippen LogP) is 6.58. The lowest BCUT2D eigenvalue weighted by molar-refractivity contribution is -0.138. The quantitative estimate of drug-likeness (QED) is 0.352. The molecule has 0 saturated heterocycles. The average molecular weight is 493 g/mol. The molecule has 0 unspecified atom stereocenters. The summed E-state index contributed by atoms with van der Waals surface area (Å²) in [5.74, 6) is 2.61. The molecule has 4 rings (SSSR count). The van der Waals surface area contributed by atoms with Gasteiger partial charge in [-0.3, -0.25) is 0 Å². The van der Waals surface area contributed by atoms with Crippen LogP contribution in [0.25, 0.3) is 12.2 Å². The first-order valence-corrected chi connectivity index (χ1v) is 12.8. The molecule has 194 valence electrons. The van der Waals surface area contributed by atoms with Crippen LogP contribution < -0.4 is 14.2 Å². The SMILES string of the molecule is COc1cc(/C=C/c2cc3c(c(OC)c2)O[C@]2(C)CC[C@@H](O)C(C)(C)[C@H]2C3)cc(O)c1CC=C(C)C. The van der Waals surface area contributed by atoms with Gasteiger partial charge in [0.05, 0.1) is 20.3 Å². The third kappa shape index (κ3) is 4.86. The van der Waals surface area contributed by atoms with Gasteiger partial charge in [-0.15, -0.1) is 0 Å². The molecule has 3 atom stereocenters. The van der Waals surface area contributed by atoms with Crippen LogP contribution in [0.3, 0.4) is 0 Å². The summed E-state index contributed by atoms with van der Waals surface area (Å²) in [6, 6.07) is 7.84. The van der Waals surface area contributed by atoms with Crippen LogP contribution in [0.2, 0.25) is 0 Å². The van der Waals surface area contributed by atoms with Crippen LogP contribution in [-0.4, -0.2) is 36.1 Å². The maximum Gasteiger partial charge on any atom is 0.165 e. The zero-order valence-electron chi connectivity index (χ0n) is 22.6. The normalized spacial score (nSPS) is 24.4. The summed E-state index contributed by atoms with van der Waals surface area (Å²) >= 11 is 0. The van der Waals surface area contributed by atoms with Gasteiger partial charge in [0.25, 0.3) is 0 Å². The van der Waals surface area contributed by atoms with E-state index in [1.165, 1.54) is 5.57 Å². The van der Waals surface area contributed by atoms with Crippen molar-refractivity contribution in [1.82, 2.24) is 0 Å². The Balaban J connectivity index is 1.67. The fraction of sp³-hybridized carbons (Fsp3) is 0.484. The molecule has 5 heteroatoms. The van der Waals surface area contributed by atoms with Crippen molar-refractivity contribution in [3.8, 4) is 23.0 Å². The Morgan fingerprint density at radius 2 is 1.67 bits per heavy atom. The molecule has 2 N–H and O–H groups in total. The van der Waals surface area contributed by atoms with Gasteiger partial charge in [0.15, 0.2) is 11.5 Å². The summed E-state index contributed by atoms with van der Waals surface area (Å²) in [6.07, 6.45) is 8.72. The van der Waals surface area contributed by atoms with Crippen molar-refractivity contribution in [2.24, 2.45) is 11.3 Å². The number of ether oxygens (including phenoxy) is 3. The predicted molar refractivity (Wildman–Crippen MR) is 145 cm³/mol. The van der Waals surface area contributed by atoms with E-state index < -0.39 is 0 Å². The Bertz CT molecular complexity index is 1190. The highest BCUT2D eigenvalue weighted by molar-refractivity contribution is 5.74. The number of fused-ring (bicyclic) bond motifs is 2. The van der Waals surface area contributed by atoms with E-state index in [2.05, 4.69) is 32.9 Å². The number of aliphatic hydroxyl groups excluding tert-OH is 1. The summed E-state index contributed by atoms with van der Waals surface area (Å²) < 4.78 is 17.9. The maximum absolute atomic E-state index is 10.7. The van der Waals surface area contributed by atoms with Gasteiger partial charge in [-0.05, 0) is 92.8 Å². The number of hydrogen-bond acceptors (Lipinski definition) is 5. The number of methoxy groups -OCH3 is 2. The van der Waals surface area contributed by atoms with Crippen LogP contribution >= 0.6 is 0 Å². The monoisotopic (exact) mass is 492 g/mol. The molecule has 36 heavy (non-hydrogen) atoms. The molecule has 0 amide bonds. The van der Waals surface area contributed by atoms with Crippen molar-refractivity contribution in [1.29, 1.82) is 0 Å². The summed E-state index contributed by atoms with van der Waals surface area (Å²) in [7, 11) is 3.30. The lowest BCUT2D eigenvalue weighted by atomic mass is 9.57. The van der Waals surface area contributed by atoms with E-state index in [1.54, 1.807) is 20.3 Å². The highest BCUT2D eigenvalue weighted by atomic mass is 16.5. The minimum absolute atomic E-state index is 0.194. The second kappa shape index (κ2) is 9.85. The fourth-order valence-corrected chi connectivity index (χ4v) is 5.88. The smallest absolute Gasteiger partial charge is 0.165 e. The zero-order valence-corrected chi connectivity index (χ0v) is 22.6. The van der Waals surface area contributed by atoms with Gasteiger partial charge in [0, 0.05) is 11.5 Å². The number of phenols is 1. The zero-order chi connectivity index (χ0) is 26.3. The van der Waals surface area contributed by atoms with Gasteiger partial charge < -0.3 is 24.4 Å². The van der Waals surface area contributed by atoms with Crippen molar-refractivity contribution in [3.63, 3.8) is 0 Å². The van der Waals surface area contributed by atoms with E-state index in [0.717, 1.165) is 47.3 Å². The highest BCUT2D eigenvalue weighted by Crippen LogP contribution is 2.55. The van der Waals surface area contributed by atoms with E-state index in [1.807, 2.05) is 38.1 Å². The minimum Gasteiger partial charge on any atom is -0.507 e. The molecule has 1 saturated carbocycles. The minimum atomic E-state index is -0.340. The van der Waals surface area contributed by atoms with E-state index in [-0.39, 0.29) is 28.8 Å². The molecule has 0 radical (unpaired) electrons. The topological polar surface area (TPSA) is 68.2 Å². The molecule has 2 aliphatic rings. The van der Waals surface area contributed by atoms with Crippen molar-refractivity contribution >= 4 is 12.2 Å². The lowest BCUT2D eigenvalue weighted by Crippen LogP contribution is -2.58. The van der Waals surface area contributed by atoms with E-state index in [4.69, 9.17) is 14.2 Å². The second-order valence-corrected chi connectivity index (χ2v) is 11.3. The molecular formula is C31H40O5. The molecule has 0 aromatic heterocycles. The summed E-state index contributed by atoms with van der Waals surface area (Å²) in [4.78, 5) is 0. The maximum atomic E-state index is 10.7. The molecule has 1 aliphatic heterocycles. The first kappa shape index (κ1) is 26.2. The molecule has 0 bridgehead atoms. The van der Waals surface area contributed by atoms with Gasteiger partial charge in [-0.2, -0.15) is 0 Å². The molecule has 5 nitrogen and oxygen atoms in total. The standard InChI is InChI=1S/C31H40O5/c1-19(2)8-11-23-24(32)15-21(16-25(23)34-6)10-9-20-14-22-18-27-30(3,4)28(33)12-13-31(27,5)36-29(22)26(17-20)35-7/h8-10,14-17,27-28,32-33H,11-13,18H2,1-7H3/b10-9+/t27-,28-,31-/m1/s1. The largest absolute Gasteiger partial charge is 0.507 e. The fourth-order valence-electron chi connectivity index (χ4n) is 5.88. The Kier molecular flexibility index (Phi) is 7.16. The number of phenolic OH excluding ortho intramolecular Hbond substituents is 1. The van der Waals surface area contributed by atoms with E-state index in [9.17, 15) is 10.2 Å². The lowest BCUT2D eigenvalue weighted by Gasteiger charge is -2.55. The van der Waals surface area contributed by atoms with Gasteiger partial charge in [0.2, 0.25) is 0 Å². The Morgan fingerprint density at radius 1 is 1.03 bits per heavy atom. The van der Waals surface area contributed by atoms with Crippen LogP contribution in [0.15, 0.2) is 35.9 Å². The number of hydrogen-bond donors (Lipinski definition) is 2. The highest BCUT2D eigenvalue weighted by Gasteiger charge is 2.54. The van der Waals surface area contributed by atoms with E-state index in [0.29, 0.717) is 17.9 Å². The number of benzene rings is 2. The van der Waals surface area contributed by atoms with Crippen LogP contribution in [-0.2, 0) is 12.8 Å². The van der Waals surface area contributed by atoms with Gasteiger partial charge in [-0.1, -0.05) is 37.6 Å². The number of allylic oxidation sites excluding steroid dienone is 2. The second-order valence-electron chi connectivity index (χ2n) is 11.3.